The molecule has 1 saturated heterocycles. The highest BCUT2D eigenvalue weighted by Crippen LogP contribution is 2.23. The van der Waals surface area contributed by atoms with Gasteiger partial charge in [0.2, 0.25) is 21.8 Å². The molecule has 0 saturated carbocycles. The SMILES string of the molecule is CC(C)(C)c1ccc(S(=O)(=O)NCCC(=O)N2CCOC(C(N)=O)C2)cc1. The molecular formula is C18H27N3O5S. The zero-order valence-corrected chi connectivity index (χ0v) is 16.7. The number of primary amides is 1. The van der Waals surface area contributed by atoms with E-state index in [-0.39, 0.29) is 42.3 Å². The Hall–Kier alpha value is -1.97. The van der Waals surface area contributed by atoms with Gasteiger partial charge in [-0.1, -0.05) is 32.9 Å². The average molecular weight is 397 g/mol. The molecule has 27 heavy (non-hydrogen) atoms. The largest absolute Gasteiger partial charge is 0.367 e. The smallest absolute Gasteiger partial charge is 0.248 e. The van der Waals surface area contributed by atoms with Crippen molar-refractivity contribution in [2.45, 2.75) is 43.6 Å². The van der Waals surface area contributed by atoms with Crippen molar-refractivity contribution in [1.82, 2.24) is 9.62 Å². The molecule has 1 unspecified atom stereocenters. The lowest BCUT2D eigenvalue weighted by molar-refractivity contribution is -0.145. The zero-order chi connectivity index (χ0) is 20.2. The first-order chi connectivity index (χ1) is 12.5. The maximum atomic E-state index is 12.4. The van der Waals surface area contributed by atoms with E-state index >= 15 is 0 Å². The molecular weight excluding hydrogens is 370 g/mol. The van der Waals surface area contributed by atoms with E-state index in [2.05, 4.69) is 25.5 Å². The number of nitrogens with zero attached hydrogens (tertiary/aromatic N) is 1. The van der Waals surface area contributed by atoms with Gasteiger partial charge >= 0.3 is 0 Å². The van der Waals surface area contributed by atoms with Crippen LogP contribution in [0.1, 0.15) is 32.8 Å². The average Bonchev–Trinajstić information content (AvgIpc) is 2.61. The number of nitrogens with two attached hydrogens (primary N) is 1. The van der Waals surface area contributed by atoms with Gasteiger partial charge in [-0.2, -0.15) is 0 Å². The summed E-state index contributed by atoms with van der Waals surface area (Å²) in [4.78, 5) is 25.0. The second-order valence-corrected chi connectivity index (χ2v) is 9.29. The van der Waals surface area contributed by atoms with Crippen molar-refractivity contribution < 1.29 is 22.7 Å². The van der Waals surface area contributed by atoms with Crippen LogP contribution in [0.25, 0.3) is 0 Å². The molecule has 1 aliphatic heterocycles. The lowest BCUT2D eigenvalue weighted by Gasteiger charge is -2.31. The second-order valence-electron chi connectivity index (χ2n) is 7.52. The van der Waals surface area contributed by atoms with Crippen molar-refractivity contribution in [2.75, 3.05) is 26.2 Å². The van der Waals surface area contributed by atoms with Gasteiger partial charge in [-0.3, -0.25) is 9.59 Å². The molecule has 0 radical (unpaired) electrons. The number of sulfonamides is 1. The van der Waals surface area contributed by atoms with Gasteiger partial charge in [-0.15, -0.1) is 0 Å². The Bertz CT molecular complexity index is 784. The minimum atomic E-state index is -3.69. The normalized spacial score (nSPS) is 18.3. The van der Waals surface area contributed by atoms with Crippen molar-refractivity contribution >= 4 is 21.8 Å². The number of morpholine rings is 1. The molecule has 1 aliphatic rings. The van der Waals surface area contributed by atoms with Crippen LogP contribution in [-0.4, -0.2) is 57.5 Å². The maximum Gasteiger partial charge on any atom is 0.248 e. The predicted molar refractivity (Wildman–Crippen MR) is 100 cm³/mol. The molecule has 2 amide bonds. The highest BCUT2D eigenvalue weighted by molar-refractivity contribution is 7.89. The van der Waals surface area contributed by atoms with Crippen molar-refractivity contribution in [3.8, 4) is 0 Å². The first-order valence-electron chi connectivity index (χ1n) is 8.79. The third-order valence-electron chi connectivity index (χ3n) is 4.40. The van der Waals surface area contributed by atoms with Crippen LogP contribution in [0.2, 0.25) is 0 Å². The molecule has 150 valence electrons. The summed E-state index contributed by atoms with van der Waals surface area (Å²) < 4.78 is 32.4. The van der Waals surface area contributed by atoms with Gasteiger partial charge in [0.25, 0.3) is 0 Å². The third kappa shape index (κ3) is 5.75. The van der Waals surface area contributed by atoms with Crippen LogP contribution >= 0.6 is 0 Å². The molecule has 1 aromatic rings. The molecule has 9 heteroatoms. The van der Waals surface area contributed by atoms with Crippen LogP contribution in [-0.2, 0) is 29.8 Å². The summed E-state index contributed by atoms with van der Waals surface area (Å²) in [5.41, 5.74) is 6.16. The van der Waals surface area contributed by atoms with Crippen LogP contribution < -0.4 is 10.5 Å². The van der Waals surface area contributed by atoms with Gasteiger partial charge < -0.3 is 15.4 Å². The third-order valence-corrected chi connectivity index (χ3v) is 5.88. The standard InChI is InChI=1S/C18H27N3O5S/c1-18(2,3)13-4-6-14(7-5-13)27(24,25)20-9-8-16(22)21-10-11-26-15(12-21)17(19)23/h4-7,15,20H,8-12H2,1-3H3,(H2,19,23). The number of rotatable bonds is 6. The van der Waals surface area contributed by atoms with Gasteiger partial charge in [0, 0.05) is 19.5 Å². The summed E-state index contributed by atoms with van der Waals surface area (Å²) in [6.45, 7) is 6.79. The summed E-state index contributed by atoms with van der Waals surface area (Å²) in [5, 5.41) is 0. The molecule has 0 aliphatic carbocycles. The molecule has 8 nitrogen and oxygen atoms in total. The fourth-order valence-electron chi connectivity index (χ4n) is 2.72. The maximum absolute atomic E-state index is 12.4. The van der Waals surface area contributed by atoms with Crippen molar-refractivity contribution in [2.24, 2.45) is 5.73 Å². The number of carbonyl (C=O) groups is 2. The van der Waals surface area contributed by atoms with Gasteiger partial charge in [-0.05, 0) is 23.1 Å². The second kappa shape index (κ2) is 8.37. The van der Waals surface area contributed by atoms with E-state index in [0.717, 1.165) is 5.56 Å². The lowest BCUT2D eigenvalue weighted by atomic mass is 9.87. The van der Waals surface area contributed by atoms with Crippen molar-refractivity contribution in [3.63, 3.8) is 0 Å². The van der Waals surface area contributed by atoms with Crippen LogP contribution in [0.4, 0.5) is 0 Å². The summed E-state index contributed by atoms with van der Waals surface area (Å²) in [5.74, 6) is -0.873. The predicted octanol–water partition coefficient (Wildman–Crippen LogP) is 0.365. The number of hydrogen-bond donors (Lipinski definition) is 2. The van der Waals surface area contributed by atoms with Crippen LogP contribution in [0.15, 0.2) is 29.2 Å². The first-order valence-corrected chi connectivity index (χ1v) is 10.3. The molecule has 2 rings (SSSR count). The quantitative estimate of drug-likeness (QED) is 0.719. The van der Waals surface area contributed by atoms with Crippen LogP contribution in [0.5, 0.6) is 0 Å². The van der Waals surface area contributed by atoms with Crippen LogP contribution in [0, 0.1) is 0 Å². The van der Waals surface area contributed by atoms with Gasteiger partial charge in [0.05, 0.1) is 18.0 Å². The fourth-order valence-corrected chi connectivity index (χ4v) is 3.75. The molecule has 3 N–H and O–H groups in total. The van der Waals surface area contributed by atoms with Crippen molar-refractivity contribution in [1.29, 1.82) is 0 Å². The minimum Gasteiger partial charge on any atom is -0.367 e. The Morgan fingerprint density at radius 2 is 1.89 bits per heavy atom. The summed E-state index contributed by atoms with van der Waals surface area (Å²) >= 11 is 0. The summed E-state index contributed by atoms with van der Waals surface area (Å²) in [7, 11) is -3.69. The number of benzene rings is 1. The summed E-state index contributed by atoms with van der Waals surface area (Å²) in [6.07, 6.45) is -0.828. The monoisotopic (exact) mass is 397 g/mol. The van der Waals surface area contributed by atoms with Gasteiger partial charge in [0.1, 0.15) is 0 Å². The minimum absolute atomic E-state index is 0.00914. The van der Waals surface area contributed by atoms with E-state index in [1.165, 1.54) is 4.90 Å². The summed E-state index contributed by atoms with van der Waals surface area (Å²) in [6, 6.07) is 6.70. The fraction of sp³-hybridized carbons (Fsp3) is 0.556. The number of carbonyl (C=O) groups excluding carboxylic acids is 2. The highest BCUT2D eigenvalue weighted by atomic mass is 32.2. The zero-order valence-electron chi connectivity index (χ0n) is 15.9. The Morgan fingerprint density at radius 3 is 2.44 bits per heavy atom. The van der Waals surface area contributed by atoms with E-state index < -0.39 is 22.0 Å². The number of hydrogen-bond acceptors (Lipinski definition) is 5. The molecule has 0 aromatic heterocycles. The topological polar surface area (TPSA) is 119 Å². The van der Waals surface area contributed by atoms with Crippen molar-refractivity contribution in [3.05, 3.63) is 29.8 Å². The lowest BCUT2D eigenvalue weighted by Crippen LogP contribution is -2.50. The highest BCUT2D eigenvalue weighted by Gasteiger charge is 2.27. The van der Waals surface area contributed by atoms with E-state index in [9.17, 15) is 18.0 Å². The number of amides is 2. The Morgan fingerprint density at radius 1 is 1.26 bits per heavy atom. The number of ether oxygens (including phenoxy) is 1. The van der Waals surface area contributed by atoms with Gasteiger partial charge in [-0.25, -0.2) is 13.1 Å². The van der Waals surface area contributed by atoms with Crippen LogP contribution in [0.3, 0.4) is 0 Å². The molecule has 0 bridgehead atoms. The van der Waals surface area contributed by atoms with E-state index in [4.69, 9.17) is 10.5 Å². The Balaban J connectivity index is 1.90. The molecule has 1 aromatic carbocycles. The molecule has 1 heterocycles. The number of nitrogens with one attached hydrogen (secondary N) is 1. The molecule has 1 fully saturated rings. The Labute approximate surface area is 160 Å². The molecule has 0 spiro atoms. The van der Waals surface area contributed by atoms with E-state index in [1.807, 2.05) is 0 Å². The van der Waals surface area contributed by atoms with Gasteiger partial charge in [0.15, 0.2) is 6.10 Å². The first kappa shape index (κ1) is 21.3. The van der Waals surface area contributed by atoms with E-state index in [1.54, 1.807) is 24.3 Å². The molecule has 1 atom stereocenters. The van der Waals surface area contributed by atoms with E-state index in [0.29, 0.717) is 6.54 Å². The Kier molecular flexibility index (Phi) is 6.61.